The Labute approximate surface area is 164 Å². The van der Waals surface area contributed by atoms with Crippen LogP contribution >= 0.6 is 0 Å². The summed E-state index contributed by atoms with van der Waals surface area (Å²) >= 11 is 0. The molecule has 3 aromatic rings. The first kappa shape index (κ1) is 18.9. The van der Waals surface area contributed by atoms with Gasteiger partial charge >= 0.3 is 0 Å². The van der Waals surface area contributed by atoms with Crippen LogP contribution in [0.3, 0.4) is 0 Å². The van der Waals surface area contributed by atoms with E-state index >= 15 is 0 Å². The van der Waals surface area contributed by atoms with Gasteiger partial charge in [-0.3, -0.25) is 0 Å². The Morgan fingerprint density at radius 1 is 1.07 bits per heavy atom. The second-order valence-corrected chi connectivity index (χ2v) is 7.78. The van der Waals surface area contributed by atoms with Crippen LogP contribution in [0.2, 0.25) is 0 Å². The Morgan fingerprint density at radius 3 is 2.43 bits per heavy atom. The van der Waals surface area contributed by atoms with Gasteiger partial charge in [0.15, 0.2) is 0 Å². The zero-order valence-corrected chi connectivity index (χ0v) is 16.0. The Kier molecular flexibility index (Phi) is 5.06. The summed E-state index contributed by atoms with van der Waals surface area (Å²) in [5.41, 5.74) is 4.43. The van der Waals surface area contributed by atoms with E-state index in [1.54, 1.807) is 0 Å². The van der Waals surface area contributed by atoms with E-state index < -0.39 is 5.60 Å². The number of aliphatic hydroxyl groups excluding tert-OH is 2. The third-order valence-corrected chi connectivity index (χ3v) is 5.65. The van der Waals surface area contributed by atoms with E-state index in [1.165, 1.54) is 0 Å². The summed E-state index contributed by atoms with van der Waals surface area (Å²) < 4.78 is 1.86. The van der Waals surface area contributed by atoms with Crippen molar-refractivity contribution in [3.63, 3.8) is 0 Å². The monoisotopic (exact) mass is 378 g/mol. The van der Waals surface area contributed by atoms with Gasteiger partial charge in [0.1, 0.15) is 5.60 Å². The third kappa shape index (κ3) is 3.61. The van der Waals surface area contributed by atoms with Crippen molar-refractivity contribution in [1.82, 2.24) is 9.78 Å². The van der Waals surface area contributed by atoms with Gasteiger partial charge in [0.25, 0.3) is 0 Å². The quantitative estimate of drug-likeness (QED) is 0.650. The van der Waals surface area contributed by atoms with Crippen LogP contribution < -0.4 is 0 Å². The molecule has 0 radical (unpaired) electrons. The molecular formula is C23H26N2O3. The van der Waals surface area contributed by atoms with Crippen LogP contribution in [0.5, 0.6) is 0 Å². The van der Waals surface area contributed by atoms with Crippen LogP contribution in [0.25, 0.3) is 16.9 Å². The lowest BCUT2D eigenvalue weighted by atomic mass is 9.81. The molecule has 3 N–H and O–H groups in total. The van der Waals surface area contributed by atoms with Gasteiger partial charge in [-0.15, -0.1) is 0 Å². The molecule has 1 saturated carbocycles. The van der Waals surface area contributed by atoms with Gasteiger partial charge in [0, 0.05) is 5.56 Å². The van der Waals surface area contributed by atoms with E-state index in [4.69, 9.17) is 5.10 Å². The number of aromatic nitrogens is 2. The molecule has 4 rings (SSSR count). The van der Waals surface area contributed by atoms with Gasteiger partial charge in [0.2, 0.25) is 0 Å². The summed E-state index contributed by atoms with van der Waals surface area (Å²) in [5, 5.41) is 35.1. The molecule has 28 heavy (non-hydrogen) atoms. The molecule has 1 heterocycles. The van der Waals surface area contributed by atoms with Crippen molar-refractivity contribution in [1.29, 1.82) is 0 Å². The van der Waals surface area contributed by atoms with Crippen molar-refractivity contribution >= 4 is 0 Å². The van der Waals surface area contributed by atoms with Crippen molar-refractivity contribution in [3.8, 4) is 16.9 Å². The number of hydrogen-bond donors (Lipinski definition) is 3. The highest BCUT2D eigenvalue weighted by molar-refractivity contribution is 5.64. The van der Waals surface area contributed by atoms with Gasteiger partial charge in [0.05, 0.1) is 29.8 Å². The second kappa shape index (κ2) is 7.51. The number of aliphatic hydroxyl groups is 3. The average molecular weight is 378 g/mol. The first-order chi connectivity index (χ1) is 13.5. The van der Waals surface area contributed by atoms with Crippen LogP contribution in [0.15, 0.2) is 54.6 Å². The fourth-order valence-corrected chi connectivity index (χ4v) is 3.89. The van der Waals surface area contributed by atoms with E-state index in [0.717, 1.165) is 28.1 Å². The summed E-state index contributed by atoms with van der Waals surface area (Å²) in [4.78, 5) is 0. The van der Waals surface area contributed by atoms with E-state index in [2.05, 4.69) is 19.1 Å². The van der Waals surface area contributed by atoms with Gasteiger partial charge in [-0.2, -0.15) is 5.10 Å². The number of nitrogens with zero attached hydrogens (tertiary/aromatic N) is 2. The Hall–Kier alpha value is -2.47. The summed E-state index contributed by atoms with van der Waals surface area (Å²) in [6, 6.07) is 17.8. The van der Waals surface area contributed by atoms with Crippen molar-refractivity contribution in [2.75, 3.05) is 0 Å². The highest BCUT2D eigenvalue weighted by Crippen LogP contribution is 2.38. The predicted molar refractivity (Wildman–Crippen MR) is 108 cm³/mol. The van der Waals surface area contributed by atoms with Gasteiger partial charge in [-0.25, -0.2) is 4.68 Å². The van der Waals surface area contributed by atoms with E-state index in [-0.39, 0.29) is 12.7 Å². The molecule has 146 valence electrons. The molecule has 0 spiro atoms. The van der Waals surface area contributed by atoms with Crippen molar-refractivity contribution in [3.05, 3.63) is 71.4 Å². The molecule has 5 heteroatoms. The minimum atomic E-state index is -1.02. The zero-order chi connectivity index (χ0) is 19.7. The molecule has 5 nitrogen and oxygen atoms in total. The van der Waals surface area contributed by atoms with Crippen LogP contribution in [-0.2, 0) is 12.2 Å². The zero-order valence-electron chi connectivity index (χ0n) is 16.0. The molecule has 2 aromatic carbocycles. The lowest BCUT2D eigenvalue weighted by Crippen LogP contribution is -2.33. The van der Waals surface area contributed by atoms with Crippen LogP contribution in [0.1, 0.15) is 42.5 Å². The summed E-state index contributed by atoms with van der Waals surface area (Å²) in [5.74, 6) is 0. The molecule has 1 aliphatic carbocycles. The smallest absolute Gasteiger partial charge is 0.109 e. The van der Waals surface area contributed by atoms with E-state index in [9.17, 15) is 15.3 Å². The normalized spacial score (nSPS) is 22.4. The number of rotatable bonds is 4. The van der Waals surface area contributed by atoms with Crippen molar-refractivity contribution in [2.45, 2.75) is 50.9 Å². The highest BCUT2D eigenvalue weighted by Gasteiger charge is 2.37. The molecule has 1 aliphatic rings. The molecule has 0 bridgehead atoms. The molecule has 0 atom stereocenters. The lowest BCUT2D eigenvalue weighted by Gasteiger charge is -2.32. The molecule has 1 aromatic heterocycles. The van der Waals surface area contributed by atoms with E-state index in [1.807, 2.05) is 47.1 Å². The first-order valence-corrected chi connectivity index (χ1v) is 9.77. The van der Waals surface area contributed by atoms with Gasteiger partial charge in [-0.1, -0.05) is 35.9 Å². The summed E-state index contributed by atoms with van der Waals surface area (Å²) in [7, 11) is 0. The molecule has 0 saturated heterocycles. The fourth-order valence-electron chi connectivity index (χ4n) is 3.89. The standard InChI is InChI=1S/C23H26N2O3/c1-16-3-2-4-18(13-16)21-14-22(23(28)11-9-20(27)10-12-23)24-25(21)19-7-5-17(15-26)6-8-19/h2-8,13-14,20,26-28H,9-12,15H2,1H3. The average Bonchev–Trinajstić information content (AvgIpc) is 3.17. The number of benzene rings is 2. The largest absolute Gasteiger partial charge is 0.393 e. The number of aryl methyl sites for hydroxylation is 1. The maximum atomic E-state index is 11.2. The number of hydrogen-bond acceptors (Lipinski definition) is 4. The topological polar surface area (TPSA) is 78.5 Å². The lowest BCUT2D eigenvalue weighted by molar-refractivity contribution is -0.0393. The fraction of sp³-hybridized carbons (Fsp3) is 0.348. The maximum absolute atomic E-state index is 11.2. The summed E-state index contributed by atoms with van der Waals surface area (Å²) in [6.45, 7) is 2.05. The predicted octanol–water partition coefficient (Wildman–Crippen LogP) is 3.46. The molecule has 0 unspecified atom stereocenters. The van der Waals surface area contributed by atoms with Gasteiger partial charge in [-0.05, 0) is 62.4 Å². The summed E-state index contributed by atoms with van der Waals surface area (Å²) in [6.07, 6.45) is 1.82. The highest BCUT2D eigenvalue weighted by atomic mass is 16.3. The first-order valence-electron chi connectivity index (χ1n) is 9.77. The van der Waals surface area contributed by atoms with Crippen molar-refractivity contribution < 1.29 is 15.3 Å². The Morgan fingerprint density at radius 2 is 1.79 bits per heavy atom. The molecule has 0 aliphatic heterocycles. The van der Waals surface area contributed by atoms with Crippen LogP contribution in [0, 0.1) is 6.92 Å². The second-order valence-electron chi connectivity index (χ2n) is 7.78. The minimum absolute atomic E-state index is 0.00253. The van der Waals surface area contributed by atoms with Crippen molar-refractivity contribution in [2.24, 2.45) is 0 Å². The van der Waals surface area contributed by atoms with Crippen LogP contribution in [0.4, 0.5) is 0 Å². The molecular weight excluding hydrogens is 352 g/mol. The van der Waals surface area contributed by atoms with E-state index in [0.29, 0.717) is 31.4 Å². The maximum Gasteiger partial charge on any atom is 0.109 e. The van der Waals surface area contributed by atoms with Crippen LogP contribution in [-0.4, -0.2) is 31.2 Å². The molecule has 1 fully saturated rings. The SMILES string of the molecule is Cc1cccc(-c2cc(C3(O)CCC(O)CC3)nn2-c2ccc(CO)cc2)c1. The Bertz CT molecular complexity index is 954. The minimum Gasteiger partial charge on any atom is -0.393 e. The van der Waals surface area contributed by atoms with Gasteiger partial charge < -0.3 is 15.3 Å². The molecule has 0 amide bonds. The third-order valence-electron chi connectivity index (χ3n) is 5.65. The Balaban J connectivity index is 1.82.